The summed E-state index contributed by atoms with van der Waals surface area (Å²) in [6.45, 7) is 0.276. The van der Waals surface area contributed by atoms with Crippen LogP contribution in [0.25, 0.3) is 0 Å². The molecule has 0 radical (unpaired) electrons. The third-order valence-corrected chi connectivity index (χ3v) is 2.65. The van der Waals surface area contributed by atoms with Crippen LogP contribution in [-0.4, -0.2) is 41.3 Å². The van der Waals surface area contributed by atoms with E-state index in [2.05, 4.69) is 25.9 Å². The van der Waals surface area contributed by atoms with Crippen LogP contribution in [0, 0.1) is 10.1 Å². The largest absolute Gasteiger partial charge is 0.354 e. The SMILES string of the molecule is CN=C(C[N+](=O)[O-])N(C)Cc1ccc(Br)nc1. The molecule has 1 aromatic heterocycles. The third-order valence-electron chi connectivity index (χ3n) is 2.18. The van der Waals surface area contributed by atoms with E-state index in [0.717, 1.165) is 10.2 Å². The van der Waals surface area contributed by atoms with Crippen LogP contribution in [0.5, 0.6) is 0 Å². The van der Waals surface area contributed by atoms with Crippen molar-refractivity contribution in [2.75, 3.05) is 20.6 Å². The van der Waals surface area contributed by atoms with Gasteiger partial charge in [0.05, 0.1) is 0 Å². The number of rotatable bonds is 4. The van der Waals surface area contributed by atoms with Gasteiger partial charge in [-0.3, -0.25) is 15.1 Å². The average Bonchev–Trinajstić information content (AvgIpc) is 2.28. The number of hydrogen-bond acceptors (Lipinski definition) is 4. The van der Waals surface area contributed by atoms with Crippen molar-refractivity contribution in [2.24, 2.45) is 4.99 Å². The van der Waals surface area contributed by atoms with E-state index in [0.29, 0.717) is 12.4 Å². The predicted molar refractivity (Wildman–Crippen MR) is 68.6 cm³/mol. The number of nitrogens with zero attached hydrogens (tertiary/aromatic N) is 4. The molecule has 0 fully saturated rings. The first-order valence-corrected chi connectivity index (χ1v) is 5.71. The Kier molecular flexibility index (Phi) is 5.02. The van der Waals surface area contributed by atoms with E-state index >= 15 is 0 Å². The molecule has 17 heavy (non-hydrogen) atoms. The highest BCUT2D eigenvalue weighted by molar-refractivity contribution is 9.10. The minimum atomic E-state index is -0.390. The molecule has 0 unspecified atom stereocenters. The minimum Gasteiger partial charge on any atom is -0.354 e. The number of likely N-dealkylation sites (N-methyl/N-ethyl adjacent to an activating group) is 1. The summed E-state index contributed by atoms with van der Waals surface area (Å²) in [5.41, 5.74) is 0.972. The lowest BCUT2D eigenvalue weighted by atomic mass is 10.2. The van der Waals surface area contributed by atoms with E-state index in [1.54, 1.807) is 25.2 Å². The molecule has 0 amide bonds. The predicted octanol–water partition coefficient (Wildman–Crippen LogP) is 1.58. The molecule has 1 aromatic rings. The molecule has 6 nitrogen and oxygen atoms in total. The van der Waals surface area contributed by atoms with Crippen molar-refractivity contribution in [3.63, 3.8) is 0 Å². The van der Waals surface area contributed by atoms with Crippen LogP contribution in [0.1, 0.15) is 5.56 Å². The van der Waals surface area contributed by atoms with Gasteiger partial charge in [-0.05, 0) is 27.6 Å². The number of aromatic nitrogens is 1. The second kappa shape index (κ2) is 6.29. The summed E-state index contributed by atoms with van der Waals surface area (Å²) in [4.78, 5) is 19.8. The van der Waals surface area contributed by atoms with Gasteiger partial charge in [0.2, 0.25) is 0 Å². The van der Waals surface area contributed by atoms with E-state index in [9.17, 15) is 10.1 Å². The summed E-state index contributed by atoms with van der Waals surface area (Å²) in [6, 6.07) is 3.74. The maximum Gasteiger partial charge on any atom is 0.260 e. The molecule has 92 valence electrons. The highest BCUT2D eigenvalue weighted by Gasteiger charge is 2.12. The molecule has 0 atom stereocenters. The lowest BCUT2D eigenvalue weighted by Crippen LogP contribution is -2.32. The maximum absolute atomic E-state index is 10.4. The number of nitro groups is 1. The Morgan fingerprint density at radius 2 is 2.35 bits per heavy atom. The zero-order chi connectivity index (χ0) is 12.8. The molecule has 1 rings (SSSR count). The lowest BCUT2D eigenvalue weighted by Gasteiger charge is -2.18. The van der Waals surface area contributed by atoms with Gasteiger partial charge in [0.1, 0.15) is 4.60 Å². The summed E-state index contributed by atoms with van der Waals surface area (Å²) in [5, 5.41) is 10.4. The Morgan fingerprint density at radius 1 is 1.65 bits per heavy atom. The van der Waals surface area contributed by atoms with Crippen molar-refractivity contribution < 1.29 is 4.92 Å². The average molecular weight is 301 g/mol. The molecule has 1 heterocycles. The second-order valence-electron chi connectivity index (χ2n) is 3.48. The molecule has 0 aliphatic rings. The van der Waals surface area contributed by atoms with Crippen LogP contribution in [0.15, 0.2) is 27.9 Å². The molecular weight excluding hydrogens is 288 g/mol. The van der Waals surface area contributed by atoms with Crippen molar-refractivity contribution in [3.8, 4) is 0 Å². The fraction of sp³-hybridized carbons (Fsp3) is 0.400. The topological polar surface area (TPSA) is 71.6 Å². The van der Waals surface area contributed by atoms with Gasteiger partial charge in [0.25, 0.3) is 6.54 Å². The standard InChI is InChI=1S/C10H13BrN4O2/c1-12-10(7-15(16)17)14(2)6-8-3-4-9(11)13-5-8/h3-5H,6-7H2,1-2H3. The van der Waals surface area contributed by atoms with Gasteiger partial charge in [0, 0.05) is 31.8 Å². The van der Waals surface area contributed by atoms with Crippen LogP contribution < -0.4 is 0 Å². The highest BCUT2D eigenvalue weighted by Crippen LogP contribution is 2.08. The summed E-state index contributed by atoms with van der Waals surface area (Å²) in [7, 11) is 3.32. The molecular formula is C10H13BrN4O2. The van der Waals surface area contributed by atoms with Crippen LogP contribution in [0.4, 0.5) is 0 Å². The number of pyridine rings is 1. The number of hydrogen-bond donors (Lipinski definition) is 0. The fourth-order valence-electron chi connectivity index (χ4n) is 1.34. The normalized spacial score (nSPS) is 11.4. The van der Waals surface area contributed by atoms with Crippen molar-refractivity contribution in [1.82, 2.24) is 9.88 Å². The maximum atomic E-state index is 10.4. The molecule has 7 heteroatoms. The minimum absolute atomic E-state index is 0.267. The quantitative estimate of drug-likeness (QED) is 0.278. The van der Waals surface area contributed by atoms with Gasteiger partial charge >= 0.3 is 0 Å². The molecule has 0 aromatic carbocycles. The van der Waals surface area contributed by atoms with Gasteiger partial charge in [-0.1, -0.05) is 6.07 Å². The molecule has 0 saturated heterocycles. The lowest BCUT2D eigenvalue weighted by molar-refractivity contribution is -0.464. The van der Waals surface area contributed by atoms with Crippen molar-refractivity contribution in [3.05, 3.63) is 38.6 Å². The Bertz CT molecular complexity index is 419. The number of amidine groups is 1. The van der Waals surface area contributed by atoms with Crippen molar-refractivity contribution in [1.29, 1.82) is 0 Å². The first-order chi connectivity index (χ1) is 8.02. The molecule has 0 bridgehead atoms. The van der Waals surface area contributed by atoms with E-state index in [4.69, 9.17) is 0 Å². The van der Waals surface area contributed by atoms with E-state index in [-0.39, 0.29) is 6.54 Å². The monoisotopic (exact) mass is 300 g/mol. The Balaban J connectivity index is 2.67. The van der Waals surface area contributed by atoms with Crippen LogP contribution in [0.3, 0.4) is 0 Å². The van der Waals surface area contributed by atoms with Gasteiger partial charge in [0.15, 0.2) is 5.84 Å². The molecule has 0 aliphatic heterocycles. The zero-order valence-electron chi connectivity index (χ0n) is 9.63. The van der Waals surface area contributed by atoms with Crippen LogP contribution >= 0.6 is 15.9 Å². The first-order valence-electron chi connectivity index (χ1n) is 4.92. The van der Waals surface area contributed by atoms with Gasteiger partial charge < -0.3 is 4.90 Å². The van der Waals surface area contributed by atoms with Gasteiger partial charge in [-0.25, -0.2) is 4.98 Å². The Morgan fingerprint density at radius 3 is 2.82 bits per heavy atom. The third kappa shape index (κ3) is 4.48. The molecule has 0 N–H and O–H groups in total. The Labute approximate surface area is 108 Å². The van der Waals surface area contributed by atoms with E-state index in [1.807, 2.05) is 12.1 Å². The van der Waals surface area contributed by atoms with Gasteiger partial charge in [-0.2, -0.15) is 0 Å². The van der Waals surface area contributed by atoms with Gasteiger partial charge in [-0.15, -0.1) is 0 Å². The van der Waals surface area contributed by atoms with E-state index < -0.39 is 4.92 Å². The van der Waals surface area contributed by atoms with Crippen molar-refractivity contribution in [2.45, 2.75) is 6.54 Å². The smallest absolute Gasteiger partial charge is 0.260 e. The molecule has 0 aliphatic carbocycles. The Hall–Kier alpha value is -1.50. The zero-order valence-corrected chi connectivity index (χ0v) is 11.2. The summed E-state index contributed by atoms with van der Waals surface area (Å²) in [5.74, 6) is 0.443. The second-order valence-corrected chi connectivity index (χ2v) is 4.29. The van der Waals surface area contributed by atoms with Crippen molar-refractivity contribution >= 4 is 21.8 Å². The highest BCUT2D eigenvalue weighted by atomic mass is 79.9. The summed E-state index contributed by atoms with van der Waals surface area (Å²) < 4.78 is 0.763. The van der Waals surface area contributed by atoms with Crippen LogP contribution in [0.2, 0.25) is 0 Å². The summed E-state index contributed by atoms with van der Waals surface area (Å²) in [6.07, 6.45) is 1.72. The summed E-state index contributed by atoms with van der Waals surface area (Å²) >= 11 is 3.25. The molecule has 0 spiro atoms. The first kappa shape index (κ1) is 13.6. The number of halogens is 1. The van der Waals surface area contributed by atoms with E-state index in [1.165, 1.54) is 0 Å². The van der Waals surface area contributed by atoms with Crippen LogP contribution in [-0.2, 0) is 6.54 Å². The fourth-order valence-corrected chi connectivity index (χ4v) is 1.58. The molecule has 0 saturated carbocycles. The number of aliphatic imine (C=N–C) groups is 1.